The normalized spacial score (nSPS) is 0. The summed E-state index contributed by atoms with van der Waals surface area (Å²) in [7, 11) is 0. The summed E-state index contributed by atoms with van der Waals surface area (Å²) in [6.07, 6.45) is 0. The van der Waals surface area contributed by atoms with Crippen molar-refractivity contribution >= 4 is 50.9 Å². The van der Waals surface area contributed by atoms with E-state index in [1.807, 2.05) is 0 Å². The Hall–Kier alpha value is 2.02. The van der Waals surface area contributed by atoms with Gasteiger partial charge in [0.1, 0.15) is 0 Å². The van der Waals surface area contributed by atoms with Crippen LogP contribution in [0.2, 0.25) is 0 Å². The minimum Gasteiger partial charge on any atom is -0.114 e. The summed E-state index contributed by atoms with van der Waals surface area (Å²) in [4.78, 5) is 0. The van der Waals surface area contributed by atoms with E-state index in [0.29, 0.717) is 0 Å². The molecule has 0 spiro atoms. The molecule has 0 aromatic carbocycles. The SMILES string of the molecule is Br.Br.Br.[V]. The van der Waals surface area contributed by atoms with Crippen LogP contribution in [0, 0.1) is 0 Å². The van der Waals surface area contributed by atoms with Crippen LogP contribution < -0.4 is 0 Å². The van der Waals surface area contributed by atoms with Crippen molar-refractivity contribution in [2.75, 3.05) is 0 Å². The van der Waals surface area contributed by atoms with E-state index in [4.69, 9.17) is 0 Å². The molecule has 0 atom stereocenters. The number of hydrogen-bond donors (Lipinski definition) is 0. The van der Waals surface area contributed by atoms with E-state index in [2.05, 4.69) is 0 Å². The third kappa shape index (κ3) is 8.98. The molecule has 0 rings (SSSR count). The van der Waals surface area contributed by atoms with Crippen molar-refractivity contribution in [3.05, 3.63) is 0 Å². The molecule has 0 aliphatic heterocycles. The third-order valence-corrected chi connectivity index (χ3v) is 0. The van der Waals surface area contributed by atoms with Crippen molar-refractivity contribution < 1.29 is 18.6 Å². The summed E-state index contributed by atoms with van der Waals surface area (Å²) < 4.78 is 0. The Morgan fingerprint density at radius 1 is 0.500 bits per heavy atom. The number of halogens is 3. The van der Waals surface area contributed by atoms with Gasteiger partial charge in [0.05, 0.1) is 0 Å². The van der Waals surface area contributed by atoms with Crippen LogP contribution in [0.25, 0.3) is 0 Å². The summed E-state index contributed by atoms with van der Waals surface area (Å²) in [6, 6.07) is 0. The Kier molecular flexibility index (Phi) is 184. The Morgan fingerprint density at radius 3 is 0.500 bits per heavy atom. The average Bonchev–Trinajstić information content (AvgIpc) is 0. The molecule has 0 N–H and O–H groups in total. The Labute approximate surface area is 68.9 Å². The molecule has 0 aliphatic rings. The van der Waals surface area contributed by atoms with Gasteiger partial charge in [0.25, 0.3) is 0 Å². The Morgan fingerprint density at radius 2 is 0.500 bits per heavy atom. The monoisotopic (exact) mass is 291 g/mol. The topological polar surface area (TPSA) is 0 Å². The van der Waals surface area contributed by atoms with Gasteiger partial charge in [-0.3, -0.25) is 0 Å². The summed E-state index contributed by atoms with van der Waals surface area (Å²) in [6.45, 7) is 0. The largest absolute Gasteiger partial charge is 0.114 e. The first-order valence-electron chi connectivity index (χ1n) is 0. The van der Waals surface area contributed by atoms with Crippen LogP contribution in [-0.4, -0.2) is 0 Å². The van der Waals surface area contributed by atoms with Gasteiger partial charge in [-0.05, 0) is 0 Å². The standard InChI is InChI=1S/3BrH.V/h3*1H;. The fourth-order valence-corrected chi connectivity index (χ4v) is 0. The van der Waals surface area contributed by atoms with E-state index in [9.17, 15) is 0 Å². The second-order valence-electron chi connectivity index (χ2n) is 0. The number of rotatable bonds is 0. The summed E-state index contributed by atoms with van der Waals surface area (Å²) >= 11 is 0. The molecule has 0 fully saturated rings. The van der Waals surface area contributed by atoms with Crippen molar-refractivity contribution in [2.45, 2.75) is 0 Å². The Bertz CT molecular complexity index is 3.25. The van der Waals surface area contributed by atoms with Crippen molar-refractivity contribution in [3.8, 4) is 0 Å². The van der Waals surface area contributed by atoms with E-state index < -0.39 is 0 Å². The fourth-order valence-electron chi connectivity index (χ4n) is 0. The average molecular weight is 294 g/mol. The first kappa shape index (κ1) is 37.1. The molecule has 0 aliphatic carbocycles. The zero-order valence-electron chi connectivity index (χ0n) is 1.67. The van der Waals surface area contributed by atoms with Gasteiger partial charge in [-0.1, -0.05) is 0 Å². The molecular weight excluding hydrogens is 291 g/mol. The molecule has 0 saturated heterocycles. The third-order valence-electron chi connectivity index (χ3n) is 0. The zero-order valence-corrected chi connectivity index (χ0v) is 8.21. The quantitative estimate of drug-likeness (QED) is 0.638. The van der Waals surface area contributed by atoms with Crippen LogP contribution in [0.1, 0.15) is 0 Å². The van der Waals surface area contributed by atoms with Crippen LogP contribution in [0.5, 0.6) is 0 Å². The zero-order chi connectivity index (χ0) is 0. The molecule has 0 saturated carbocycles. The second-order valence-corrected chi connectivity index (χ2v) is 0. The van der Waals surface area contributed by atoms with Gasteiger partial charge in [-0.15, -0.1) is 50.9 Å². The van der Waals surface area contributed by atoms with E-state index >= 15 is 0 Å². The smallest absolute Gasteiger partial charge is 0 e. The molecule has 29 valence electrons. The van der Waals surface area contributed by atoms with Crippen molar-refractivity contribution in [1.82, 2.24) is 0 Å². The fraction of sp³-hybridized carbons (Fsp3) is 0. The molecule has 4 heavy (non-hydrogen) atoms. The molecule has 0 aromatic rings. The summed E-state index contributed by atoms with van der Waals surface area (Å²) in [5, 5.41) is 0. The minimum absolute atomic E-state index is 0. The molecule has 0 nitrogen and oxygen atoms in total. The van der Waals surface area contributed by atoms with E-state index in [-0.39, 0.29) is 69.5 Å². The van der Waals surface area contributed by atoms with Crippen molar-refractivity contribution in [3.63, 3.8) is 0 Å². The van der Waals surface area contributed by atoms with Crippen LogP contribution in [0.4, 0.5) is 0 Å². The predicted molar refractivity (Wildman–Crippen MR) is 31.0 cm³/mol. The van der Waals surface area contributed by atoms with E-state index in [1.165, 1.54) is 0 Å². The van der Waals surface area contributed by atoms with Crippen LogP contribution in [-0.2, 0) is 18.6 Å². The Balaban J connectivity index is 0. The van der Waals surface area contributed by atoms with Crippen LogP contribution in [0.15, 0.2) is 0 Å². The maximum atomic E-state index is 0. The molecule has 0 bridgehead atoms. The van der Waals surface area contributed by atoms with Gasteiger partial charge < -0.3 is 0 Å². The summed E-state index contributed by atoms with van der Waals surface area (Å²) in [5.41, 5.74) is 0. The molecule has 0 unspecified atom stereocenters. The molecule has 0 heterocycles. The van der Waals surface area contributed by atoms with Gasteiger partial charge in [0, 0.05) is 18.6 Å². The number of hydrogen-bond acceptors (Lipinski definition) is 0. The molecular formula is H3Br3V. The van der Waals surface area contributed by atoms with Gasteiger partial charge in [-0.25, -0.2) is 0 Å². The molecule has 0 amide bonds. The molecule has 0 aromatic heterocycles. The maximum absolute atomic E-state index is 0. The first-order chi connectivity index (χ1) is 0. The first-order valence-corrected chi connectivity index (χ1v) is 0. The van der Waals surface area contributed by atoms with Gasteiger partial charge >= 0.3 is 0 Å². The van der Waals surface area contributed by atoms with Gasteiger partial charge in [0.2, 0.25) is 0 Å². The molecule has 4 heteroatoms. The van der Waals surface area contributed by atoms with Crippen LogP contribution in [0.3, 0.4) is 0 Å². The summed E-state index contributed by atoms with van der Waals surface area (Å²) in [5.74, 6) is 0. The molecule has 1 radical (unpaired) electrons. The maximum Gasteiger partial charge on any atom is 0 e. The van der Waals surface area contributed by atoms with E-state index in [0.717, 1.165) is 0 Å². The van der Waals surface area contributed by atoms with Gasteiger partial charge in [-0.2, -0.15) is 0 Å². The second kappa shape index (κ2) is 19.9. The van der Waals surface area contributed by atoms with Crippen molar-refractivity contribution in [1.29, 1.82) is 0 Å². The van der Waals surface area contributed by atoms with Gasteiger partial charge in [0.15, 0.2) is 0 Å². The predicted octanol–water partition coefficient (Wildman–Crippen LogP) is 1.73. The van der Waals surface area contributed by atoms with Crippen LogP contribution >= 0.6 is 50.9 Å². The van der Waals surface area contributed by atoms with E-state index in [1.54, 1.807) is 0 Å². The minimum atomic E-state index is 0. The van der Waals surface area contributed by atoms with Crippen molar-refractivity contribution in [2.24, 2.45) is 0 Å².